The molecule has 4 N–H and O–H groups in total. The van der Waals surface area contributed by atoms with Crippen molar-refractivity contribution in [2.24, 2.45) is 0 Å². The maximum Gasteiger partial charge on any atom is 0.317 e. The van der Waals surface area contributed by atoms with Gasteiger partial charge >= 0.3 is 23.9 Å². The molecule has 1 heterocycles. The van der Waals surface area contributed by atoms with Crippen LogP contribution in [0.5, 0.6) is 5.75 Å². The van der Waals surface area contributed by atoms with Gasteiger partial charge < -0.3 is 29.9 Å². The Balaban J connectivity index is 0.00000882. The van der Waals surface area contributed by atoms with Crippen LogP contribution in [0.2, 0.25) is 0 Å². The van der Waals surface area contributed by atoms with Crippen molar-refractivity contribution in [2.45, 2.75) is 19.4 Å². The van der Waals surface area contributed by atoms with Crippen LogP contribution in [0.15, 0.2) is 24.3 Å². The summed E-state index contributed by atoms with van der Waals surface area (Å²) in [7, 11) is 0. The molecule has 0 aromatic heterocycles. The van der Waals surface area contributed by atoms with Gasteiger partial charge in [0.2, 0.25) is 0 Å². The molecule has 1 aromatic rings. The number of benzene rings is 1. The number of carboxylic acid groups (broad SMARTS) is 4. The van der Waals surface area contributed by atoms with Gasteiger partial charge in [-0.3, -0.25) is 38.8 Å². The minimum Gasteiger partial charge on any atom is -0.491 e. The molecule has 2 rings (SSSR count). The van der Waals surface area contributed by atoms with Gasteiger partial charge in [0.15, 0.2) is 0 Å². The molecule has 1 fully saturated rings. The van der Waals surface area contributed by atoms with Crippen molar-refractivity contribution in [3.8, 4) is 5.75 Å². The molecule has 0 spiro atoms. The van der Waals surface area contributed by atoms with Crippen LogP contribution in [0, 0.1) is 39.9 Å². The first-order valence-corrected chi connectivity index (χ1v) is 13.6. The average molecular weight is 740 g/mol. The van der Waals surface area contributed by atoms with Crippen LogP contribution in [0.4, 0.5) is 0 Å². The Kier molecular flexibility index (Phi) is 18.9. The molecule has 1 aromatic carbocycles. The molecule has 0 saturated carbocycles. The predicted octanol–water partition coefficient (Wildman–Crippen LogP) is -0.427. The quantitative estimate of drug-likeness (QED) is 0.170. The zero-order valence-corrected chi connectivity index (χ0v) is 26.1. The third kappa shape index (κ3) is 16.0. The zero-order chi connectivity index (χ0) is 30.2. The number of rotatable bonds is 15. The Hall–Kier alpha value is -1.98. The summed E-state index contributed by atoms with van der Waals surface area (Å²) in [5.74, 6) is -3.53. The van der Waals surface area contributed by atoms with Crippen molar-refractivity contribution < 1.29 is 89.0 Å². The molecular weight excluding hydrogens is 698 g/mol. The minimum atomic E-state index is -1.05. The van der Waals surface area contributed by atoms with Crippen molar-refractivity contribution in [1.82, 2.24) is 19.6 Å². The first kappa shape index (κ1) is 38.0. The summed E-state index contributed by atoms with van der Waals surface area (Å²) in [6, 6.07) is 6.95. The summed E-state index contributed by atoms with van der Waals surface area (Å²) < 4.78 is 11.0. The first-order valence-electron chi connectivity index (χ1n) is 13.6. The molecule has 1 aliphatic heterocycles. The molecule has 0 aliphatic carbocycles. The number of carbonyl (C=O) groups is 4. The molecule has 15 heteroatoms. The van der Waals surface area contributed by atoms with Crippen molar-refractivity contribution in [3.63, 3.8) is 0 Å². The fourth-order valence-corrected chi connectivity index (χ4v) is 4.71. The maximum atomic E-state index is 11.9. The molecule has 0 bridgehead atoms. The van der Waals surface area contributed by atoms with Crippen LogP contribution < -0.4 is 4.74 Å². The molecule has 1 atom stereocenters. The van der Waals surface area contributed by atoms with Crippen molar-refractivity contribution >= 4 is 23.9 Å². The van der Waals surface area contributed by atoms with E-state index in [1.807, 2.05) is 31.2 Å². The molecule has 0 unspecified atom stereocenters. The summed E-state index contributed by atoms with van der Waals surface area (Å²) in [4.78, 5) is 53.2. The third-order valence-corrected chi connectivity index (χ3v) is 6.66. The Labute approximate surface area is 277 Å². The first-order chi connectivity index (χ1) is 19.5. The van der Waals surface area contributed by atoms with E-state index in [0.717, 1.165) is 5.56 Å². The van der Waals surface area contributed by atoms with Gasteiger partial charge in [-0.25, -0.2) is 0 Å². The third-order valence-electron chi connectivity index (χ3n) is 6.66. The smallest absolute Gasteiger partial charge is 0.317 e. The molecular formula is C27H42GdN4O10. The average Bonchev–Trinajstić information content (AvgIpc) is 2.88. The van der Waals surface area contributed by atoms with E-state index in [-0.39, 0.29) is 112 Å². The van der Waals surface area contributed by atoms with E-state index >= 15 is 0 Å². The molecule has 0 amide bonds. The number of ether oxygens (including phenoxy) is 2. The number of carboxylic acids is 4. The second-order valence-electron chi connectivity index (χ2n) is 9.88. The summed E-state index contributed by atoms with van der Waals surface area (Å²) in [6.07, 6.45) is 0.403. The van der Waals surface area contributed by atoms with Gasteiger partial charge in [-0.15, -0.1) is 0 Å². The van der Waals surface area contributed by atoms with E-state index in [1.54, 1.807) is 19.6 Å². The Morgan fingerprint density at radius 3 is 1.69 bits per heavy atom. The van der Waals surface area contributed by atoms with Gasteiger partial charge in [-0.05, 0) is 31.0 Å². The monoisotopic (exact) mass is 740 g/mol. The molecule has 1 aliphatic rings. The number of hydrogen-bond donors (Lipinski definition) is 4. The van der Waals surface area contributed by atoms with Crippen LogP contribution in [0.3, 0.4) is 0 Å². The van der Waals surface area contributed by atoms with E-state index < -0.39 is 29.9 Å². The second kappa shape index (κ2) is 20.8. The topological polar surface area (TPSA) is 181 Å². The van der Waals surface area contributed by atoms with Crippen LogP contribution >= 0.6 is 0 Å². The van der Waals surface area contributed by atoms with Crippen molar-refractivity contribution in [1.29, 1.82) is 0 Å². The van der Waals surface area contributed by atoms with E-state index in [0.29, 0.717) is 32.0 Å². The van der Waals surface area contributed by atoms with E-state index in [9.17, 15) is 39.6 Å². The molecule has 1 saturated heterocycles. The molecule has 0 radical (unpaired) electrons. The van der Waals surface area contributed by atoms with Crippen LogP contribution in [0.1, 0.15) is 12.5 Å². The van der Waals surface area contributed by atoms with Crippen molar-refractivity contribution in [2.75, 3.05) is 91.8 Å². The number of aliphatic carboxylic acids is 4. The Morgan fingerprint density at radius 1 is 0.714 bits per heavy atom. The summed E-state index contributed by atoms with van der Waals surface area (Å²) in [5, 5.41) is 38.0. The zero-order valence-electron chi connectivity index (χ0n) is 23.9. The van der Waals surface area contributed by atoms with Crippen molar-refractivity contribution in [3.05, 3.63) is 29.8 Å². The summed E-state index contributed by atoms with van der Waals surface area (Å²) in [6.45, 7) is 3.91. The van der Waals surface area contributed by atoms with E-state index in [2.05, 4.69) is 0 Å². The predicted molar refractivity (Wildman–Crippen MR) is 147 cm³/mol. The Morgan fingerprint density at radius 2 is 1.19 bits per heavy atom. The van der Waals surface area contributed by atoms with Gasteiger partial charge in [-0.1, -0.05) is 12.1 Å². The standard InChI is InChI=1S/C27H42N4O10.Gd/c1-2-40-13-14-41-23-5-3-21(4-6-23)15-22-16-30(19-26(36)37)10-9-28(17-24(32)33)7-8-29(18-25(34)35)11-12-31(22)20-27(38)39;/h3-6,22H,2,7-20H2,1H3,(H,32,33)(H,34,35)(H,36,37)(H,38,39);/t22-;/m0./s1. The van der Waals surface area contributed by atoms with Gasteiger partial charge in [0, 0.05) is 98.4 Å². The van der Waals surface area contributed by atoms with Gasteiger partial charge in [0.25, 0.3) is 0 Å². The SMILES string of the molecule is CCOCCOc1ccc(C[C@H]2CN(CC(=O)O)CCN(CC(=O)O)CCN(CC(=O)O)CCN2CC(=O)O)cc1.[Gd]. The fourth-order valence-electron chi connectivity index (χ4n) is 4.71. The minimum absolute atomic E-state index is 0. The van der Waals surface area contributed by atoms with Gasteiger partial charge in [-0.2, -0.15) is 0 Å². The second-order valence-corrected chi connectivity index (χ2v) is 9.88. The number of hydrogen-bond acceptors (Lipinski definition) is 10. The summed E-state index contributed by atoms with van der Waals surface area (Å²) in [5.41, 5.74) is 0.889. The van der Waals surface area contributed by atoms with Crippen LogP contribution in [-0.2, 0) is 30.3 Å². The van der Waals surface area contributed by atoms with E-state index in [1.165, 1.54) is 0 Å². The molecule has 238 valence electrons. The van der Waals surface area contributed by atoms with Crippen LogP contribution in [0.25, 0.3) is 0 Å². The molecule has 14 nitrogen and oxygen atoms in total. The number of nitrogens with zero attached hydrogens (tertiary/aromatic N) is 4. The van der Waals surface area contributed by atoms with Gasteiger partial charge in [0.05, 0.1) is 32.8 Å². The fraction of sp³-hybridized carbons (Fsp3) is 0.630. The van der Waals surface area contributed by atoms with Crippen LogP contribution in [-0.4, -0.2) is 162 Å². The van der Waals surface area contributed by atoms with E-state index in [4.69, 9.17) is 9.47 Å². The normalized spacial score (nSPS) is 18.3. The molecule has 42 heavy (non-hydrogen) atoms. The van der Waals surface area contributed by atoms with Gasteiger partial charge in [0.1, 0.15) is 12.4 Å². The maximum absolute atomic E-state index is 11.9. The summed E-state index contributed by atoms with van der Waals surface area (Å²) >= 11 is 0. The Bertz CT molecular complexity index is 984. The largest absolute Gasteiger partial charge is 0.491 e.